The molecule has 1 N–H and O–H groups in total. The number of hydrogen-bond donors (Lipinski definition) is 1. The minimum absolute atomic E-state index is 0.177. The Bertz CT molecular complexity index is 1160. The van der Waals surface area contributed by atoms with Gasteiger partial charge in [0.25, 0.3) is 5.91 Å². The average molecular weight is 373 g/mol. The number of aromatic nitrogens is 2. The number of ether oxygens (including phenoxy) is 1. The number of hydrogen-bond acceptors (Lipinski definition) is 4. The first kappa shape index (κ1) is 17.7. The number of nitrogens with zero attached hydrogens (tertiary/aromatic N) is 2. The molecule has 1 amide bonds. The van der Waals surface area contributed by atoms with Crippen molar-refractivity contribution in [2.45, 2.75) is 6.92 Å². The van der Waals surface area contributed by atoms with Crippen LogP contribution in [0, 0.1) is 0 Å². The highest BCUT2D eigenvalue weighted by molar-refractivity contribution is 6.06. The van der Waals surface area contributed by atoms with Gasteiger partial charge >= 0.3 is 5.97 Å². The third-order valence-corrected chi connectivity index (χ3v) is 4.67. The van der Waals surface area contributed by atoms with Crippen LogP contribution in [-0.2, 0) is 9.53 Å². The lowest BCUT2D eigenvalue weighted by Crippen LogP contribution is -2.34. The summed E-state index contributed by atoms with van der Waals surface area (Å²) in [6.45, 7) is 2.01. The molecule has 1 heterocycles. The quantitative estimate of drug-likeness (QED) is 0.538. The summed E-state index contributed by atoms with van der Waals surface area (Å²) < 4.78 is 5.26. The Kier molecular flexibility index (Phi) is 4.76. The summed E-state index contributed by atoms with van der Waals surface area (Å²) in [5.74, 6) is -0.910. The predicted molar refractivity (Wildman–Crippen MR) is 108 cm³/mol. The van der Waals surface area contributed by atoms with E-state index in [1.165, 1.54) is 0 Å². The zero-order valence-electron chi connectivity index (χ0n) is 15.4. The van der Waals surface area contributed by atoms with Crippen molar-refractivity contribution in [3.8, 4) is 0 Å². The minimum Gasteiger partial charge on any atom is -0.451 e. The van der Waals surface area contributed by atoms with Gasteiger partial charge in [-0.3, -0.25) is 9.89 Å². The van der Waals surface area contributed by atoms with Crippen LogP contribution in [0.2, 0.25) is 0 Å². The van der Waals surface area contributed by atoms with E-state index in [4.69, 9.17) is 4.74 Å². The number of fused-ring (bicyclic) bond motifs is 2. The van der Waals surface area contributed by atoms with E-state index >= 15 is 0 Å². The molecule has 0 unspecified atom stereocenters. The molecule has 0 fully saturated rings. The van der Waals surface area contributed by atoms with Crippen molar-refractivity contribution in [2.24, 2.45) is 0 Å². The van der Waals surface area contributed by atoms with Crippen LogP contribution in [0.5, 0.6) is 0 Å². The number of amides is 1. The number of anilines is 1. The van der Waals surface area contributed by atoms with Crippen LogP contribution in [0.15, 0.2) is 66.7 Å². The summed E-state index contributed by atoms with van der Waals surface area (Å²) in [5.41, 5.74) is 1.72. The van der Waals surface area contributed by atoms with E-state index < -0.39 is 5.97 Å². The monoisotopic (exact) mass is 373 g/mol. The van der Waals surface area contributed by atoms with Crippen LogP contribution >= 0.6 is 0 Å². The van der Waals surface area contributed by atoms with E-state index in [1.54, 1.807) is 11.0 Å². The van der Waals surface area contributed by atoms with Crippen LogP contribution in [0.25, 0.3) is 21.7 Å². The summed E-state index contributed by atoms with van der Waals surface area (Å²) in [4.78, 5) is 26.8. The Morgan fingerprint density at radius 2 is 1.68 bits per heavy atom. The Morgan fingerprint density at radius 1 is 0.964 bits per heavy atom. The highest BCUT2D eigenvalue weighted by Crippen LogP contribution is 2.26. The van der Waals surface area contributed by atoms with E-state index in [0.717, 1.165) is 22.0 Å². The van der Waals surface area contributed by atoms with Gasteiger partial charge in [-0.1, -0.05) is 54.6 Å². The summed E-state index contributed by atoms with van der Waals surface area (Å²) in [7, 11) is 0. The molecule has 3 aromatic carbocycles. The second-order valence-corrected chi connectivity index (χ2v) is 6.33. The number of H-pyrrole nitrogens is 1. The first-order chi connectivity index (χ1) is 13.7. The number of likely N-dealkylation sites (N-methyl/N-ethyl adjacent to an activating group) is 1. The molecule has 6 heteroatoms. The number of carbonyl (C=O) groups excluding carboxylic acids is 2. The van der Waals surface area contributed by atoms with Crippen LogP contribution in [0.3, 0.4) is 0 Å². The molecule has 0 spiro atoms. The zero-order valence-corrected chi connectivity index (χ0v) is 15.4. The number of rotatable bonds is 5. The molecule has 1 aromatic heterocycles. The van der Waals surface area contributed by atoms with Gasteiger partial charge in [0.15, 0.2) is 12.3 Å². The Morgan fingerprint density at radius 3 is 2.50 bits per heavy atom. The minimum atomic E-state index is -0.625. The molecule has 0 saturated heterocycles. The van der Waals surface area contributed by atoms with Gasteiger partial charge in [0, 0.05) is 17.3 Å². The predicted octanol–water partition coefficient (Wildman–Crippen LogP) is 3.93. The van der Waals surface area contributed by atoms with Crippen molar-refractivity contribution in [3.63, 3.8) is 0 Å². The van der Waals surface area contributed by atoms with Crippen LogP contribution < -0.4 is 4.90 Å². The lowest BCUT2D eigenvalue weighted by molar-refractivity contribution is -0.121. The molecule has 0 saturated carbocycles. The van der Waals surface area contributed by atoms with Crippen molar-refractivity contribution in [3.05, 3.63) is 72.4 Å². The van der Waals surface area contributed by atoms with Crippen molar-refractivity contribution in [1.82, 2.24) is 10.2 Å². The van der Waals surface area contributed by atoms with Crippen molar-refractivity contribution >= 4 is 39.2 Å². The van der Waals surface area contributed by atoms with E-state index in [1.807, 2.05) is 67.6 Å². The zero-order chi connectivity index (χ0) is 19.5. The normalized spacial score (nSPS) is 10.9. The second kappa shape index (κ2) is 7.52. The topological polar surface area (TPSA) is 75.3 Å². The first-order valence-corrected chi connectivity index (χ1v) is 9.07. The maximum atomic E-state index is 12.8. The highest BCUT2D eigenvalue weighted by Gasteiger charge is 2.20. The molecule has 0 bridgehead atoms. The summed E-state index contributed by atoms with van der Waals surface area (Å²) in [6.07, 6.45) is 0. The van der Waals surface area contributed by atoms with Gasteiger partial charge in [-0.05, 0) is 24.4 Å². The largest absolute Gasteiger partial charge is 0.451 e. The Balaban J connectivity index is 1.52. The smallest absolute Gasteiger partial charge is 0.359 e. The molecule has 28 heavy (non-hydrogen) atoms. The van der Waals surface area contributed by atoms with Crippen molar-refractivity contribution in [2.75, 3.05) is 18.1 Å². The molecular weight excluding hydrogens is 354 g/mol. The van der Waals surface area contributed by atoms with Gasteiger partial charge in [0.1, 0.15) is 0 Å². The number of carbonyl (C=O) groups is 2. The highest BCUT2D eigenvalue weighted by atomic mass is 16.5. The van der Waals surface area contributed by atoms with Crippen molar-refractivity contribution < 1.29 is 14.3 Å². The molecule has 140 valence electrons. The van der Waals surface area contributed by atoms with Gasteiger partial charge in [-0.25, -0.2) is 4.79 Å². The fraction of sp³-hybridized carbons (Fsp3) is 0.136. The second-order valence-electron chi connectivity index (χ2n) is 6.33. The van der Waals surface area contributed by atoms with Crippen LogP contribution in [0.4, 0.5) is 5.69 Å². The number of aromatic amines is 1. The number of esters is 1. The molecule has 4 aromatic rings. The average Bonchev–Trinajstić information content (AvgIpc) is 3.17. The molecule has 0 aliphatic heterocycles. The van der Waals surface area contributed by atoms with Gasteiger partial charge in [-0.2, -0.15) is 5.10 Å². The summed E-state index contributed by atoms with van der Waals surface area (Å²) in [6, 6.07) is 21.0. The first-order valence-electron chi connectivity index (χ1n) is 9.07. The SMILES string of the molecule is CCN(C(=O)COC(=O)c1n[nH]c2ccccc12)c1cccc2ccccc12. The lowest BCUT2D eigenvalue weighted by Gasteiger charge is -2.22. The molecule has 0 aliphatic carbocycles. The van der Waals surface area contributed by atoms with Gasteiger partial charge in [0.05, 0.1) is 11.2 Å². The lowest BCUT2D eigenvalue weighted by atomic mass is 10.1. The molecule has 6 nitrogen and oxygen atoms in total. The third-order valence-electron chi connectivity index (χ3n) is 4.67. The fourth-order valence-electron chi connectivity index (χ4n) is 3.32. The molecule has 4 rings (SSSR count). The maximum absolute atomic E-state index is 12.8. The number of nitrogens with one attached hydrogen (secondary N) is 1. The van der Waals surface area contributed by atoms with E-state index in [-0.39, 0.29) is 18.2 Å². The number of benzene rings is 3. The van der Waals surface area contributed by atoms with Crippen molar-refractivity contribution in [1.29, 1.82) is 0 Å². The standard InChI is InChI=1S/C22H19N3O3/c1-2-25(19-13-7-9-15-8-3-4-10-16(15)19)20(26)14-28-22(27)21-17-11-5-6-12-18(17)23-24-21/h3-13H,2,14H2,1H3,(H,23,24). The van der Waals surface area contributed by atoms with Gasteiger partial charge in [0.2, 0.25) is 0 Å². The number of para-hydroxylation sites is 1. The maximum Gasteiger partial charge on any atom is 0.359 e. The Hall–Kier alpha value is -3.67. The van der Waals surface area contributed by atoms with E-state index in [0.29, 0.717) is 11.9 Å². The molecular formula is C22H19N3O3. The van der Waals surface area contributed by atoms with E-state index in [2.05, 4.69) is 10.2 Å². The van der Waals surface area contributed by atoms with Crippen LogP contribution in [-0.4, -0.2) is 35.2 Å². The van der Waals surface area contributed by atoms with E-state index in [9.17, 15) is 9.59 Å². The van der Waals surface area contributed by atoms with Crippen LogP contribution in [0.1, 0.15) is 17.4 Å². The summed E-state index contributed by atoms with van der Waals surface area (Å²) >= 11 is 0. The third kappa shape index (κ3) is 3.20. The fourth-order valence-corrected chi connectivity index (χ4v) is 3.32. The summed E-state index contributed by atoms with van der Waals surface area (Å²) in [5, 5.41) is 9.50. The Labute approximate surface area is 161 Å². The van der Waals surface area contributed by atoms with Gasteiger partial charge < -0.3 is 9.64 Å². The molecule has 0 aliphatic rings. The van der Waals surface area contributed by atoms with Gasteiger partial charge in [-0.15, -0.1) is 0 Å². The molecule has 0 radical (unpaired) electrons. The molecule has 0 atom stereocenters.